The fourth-order valence-corrected chi connectivity index (χ4v) is 1.32. The Kier molecular flexibility index (Phi) is 5.61. The van der Waals surface area contributed by atoms with E-state index < -0.39 is 24.0 Å². The van der Waals surface area contributed by atoms with E-state index in [0.717, 1.165) is 0 Å². The van der Waals surface area contributed by atoms with Gasteiger partial charge in [0.1, 0.15) is 6.04 Å². The molecular weight excluding hydrogens is 220 g/mol. The topological polar surface area (TPSA) is 92.4 Å². The van der Waals surface area contributed by atoms with E-state index in [-0.39, 0.29) is 11.3 Å². The highest BCUT2D eigenvalue weighted by Gasteiger charge is 2.32. The minimum Gasteiger partial charge on any atom is -0.480 e. The first kappa shape index (κ1) is 15.9. The molecule has 5 nitrogen and oxygen atoms in total. The van der Waals surface area contributed by atoms with E-state index in [2.05, 4.69) is 5.32 Å². The molecule has 5 heteroatoms. The summed E-state index contributed by atoms with van der Waals surface area (Å²) < 4.78 is 0. The summed E-state index contributed by atoms with van der Waals surface area (Å²) >= 11 is 0. The Bertz CT molecular complexity index is 284. The standard InChI is InChI=1S/C12H24N2O3/c1-6-7(2)8(11(16)17)14-10(15)9(13)12(3,4)5/h7-9H,6,13H2,1-5H3,(H,14,15)(H,16,17)/t7?,8?,9-/m1/s1. The van der Waals surface area contributed by atoms with E-state index in [0.29, 0.717) is 6.42 Å². The van der Waals surface area contributed by atoms with Crippen LogP contribution >= 0.6 is 0 Å². The summed E-state index contributed by atoms with van der Waals surface area (Å²) in [5.41, 5.74) is 5.39. The second-order valence-corrected chi connectivity index (χ2v) is 5.55. The Morgan fingerprint density at radius 1 is 1.35 bits per heavy atom. The molecule has 0 bridgehead atoms. The molecule has 0 aliphatic carbocycles. The molecule has 0 aromatic carbocycles. The van der Waals surface area contributed by atoms with Crippen LogP contribution in [0.1, 0.15) is 41.0 Å². The quantitative estimate of drug-likeness (QED) is 0.672. The van der Waals surface area contributed by atoms with Gasteiger partial charge in [-0.25, -0.2) is 4.79 Å². The van der Waals surface area contributed by atoms with Gasteiger partial charge in [-0.1, -0.05) is 41.0 Å². The van der Waals surface area contributed by atoms with Crippen molar-refractivity contribution in [1.29, 1.82) is 0 Å². The second-order valence-electron chi connectivity index (χ2n) is 5.55. The average molecular weight is 244 g/mol. The predicted octanol–water partition coefficient (Wildman–Crippen LogP) is 0.975. The number of amides is 1. The van der Waals surface area contributed by atoms with Gasteiger partial charge in [0, 0.05) is 0 Å². The maximum Gasteiger partial charge on any atom is 0.326 e. The summed E-state index contributed by atoms with van der Waals surface area (Å²) in [6, 6.07) is -1.59. The van der Waals surface area contributed by atoms with Crippen molar-refractivity contribution in [3.63, 3.8) is 0 Å². The monoisotopic (exact) mass is 244 g/mol. The Morgan fingerprint density at radius 3 is 2.12 bits per heavy atom. The SMILES string of the molecule is CCC(C)C(NC(=O)[C@@H](N)C(C)(C)C)C(=O)O. The molecule has 0 aromatic heterocycles. The molecule has 0 aromatic rings. The normalized spacial score (nSPS) is 17.1. The van der Waals surface area contributed by atoms with Crippen LogP contribution in [0.5, 0.6) is 0 Å². The Labute approximate surface area is 103 Å². The summed E-state index contributed by atoms with van der Waals surface area (Å²) in [5, 5.41) is 11.6. The van der Waals surface area contributed by atoms with Crippen molar-refractivity contribution in [2.24, 2.45) is 17.1 Å². The van der Waals surface area contributed by atoms with Gasteiger partial charge in [0.05, 0.1) is 6.04 Å². The lowest BCUT2D eigenvalue weighted by molar-refractivity contribution is -0.143. The number of aliphatic carboxylic acids is 1. The molecule has 0 rings (SSSR count). The third-order valence-corrected chi connectivity index (χ3v) is 2.99. The zero-order chi connectivity index (χ0) is 13.8. The van der Waals surface area contributed by atoms with Gasteiger partial charge < -0.3 is 16.2 Å². The molecule has 0 spiro atoms. The van der Waals surface area contributed by atoms with Crippen LogP contribution in [0.15, 0.2) is 0 Å². The lowest BCUT2D eigenvalue weighted by atomic mass is 9.86. The van der Waals surface area contributed by atoms with E-state index >= 15 is 0 Å². The molecule has 3 atom stereocenters. The lowest BCUT2D eigenvalue weighted by Crippen LogP contribution is -2.54. The van der Waals surface area contributed by atoms with Gasteiger partial charge in [0.25, 0.3) is 0 Å². The minimum absolute atomic E-state index is 0.122. The van der Waals surface area contributed by atoms with Crippen LogP contribution in [0.2, 0.25) is 0 Å². The summed E-state index contributed by atoms with van der Waals surface area (Å²) in [5.74, 6) is -1.55. The number of rotatable bonds is 5. The molecule has 100 valence electrons. The van der Waals surface area contributed by atoms with E-state index in [1.165, 1.54) is 0 Å². The molecule has 0 heterocycles. The Hall–Kier alpha value is -1.10. The van der Waals surface area contributed by atoms with Crippen molar-refractivity contribution in [3.8, 4) is 0 Å². The molecule has 0 aliphatic rings. The summed E-state index contributed by atoms with van der Waals surface area (Å²) in [6.45, 7) is 9.21. The van der Waals surface area contributed by atoms with Crippen LogP contribution in [-0.4, -0.2) is 29.1 Å². The average Bonchev–Trinajstić information content (AvgIpc) is 2.21. The first-order valence-corrected chi connectivity index (χ1v) is 5.90. The highest BCUT2D eigenvalue weighted by atomic mass is 16.4. The van der Waals surface area contributed by atoms with Crippen molar-refractivity contribution < 1.29 is 14.7 Å². The molecule has 0 radical (unpaired) electrons. The van der Waals surface area contributed by atoms with Crippen molar-refractivity contribution in [3.05, 3.63) is 0 Å². The van der Waals surface area contributed by atoms with E-state index in [9.17, 15) is 9.59 Å². The number of carbonyl (C=O) groups excluding carboxylic acids is 1. The van der Waals surface area contributed by atoms with Gasteiger partial charge in [-0.05, 0) is 11.3 Å². The van der Waals surface area contributed by atoms with Gasteiger partial charge in [-0.15, -0.1) is 0 Å². The van der Waals surface area contributed by atoms with Crippen molar-refractivity contribution in [2.45, 2.75) is 53.1 Å². The van der Waals surface area contributed by atoms with E-state index in [4.69, 9.17) is 10.8 Å². The molecule has 0 saturated heterocycles. The first-order valence-electron chi connectivity index (χ1n) is 5.90. The van der Waals surface area contributed by atoms with Gasteiger partial charge >= 0.3 is 5.97 Å². The van der Waals surface area contributed by atoms with Crippen LogP contribution in [0.4, 0.5) is 0 Å². The predicted molar refractivity (Wildman–Crippen MR) is 66.5 cm³/mol. The van der Waals surface area contributed by atoms with Gasteiger partial charge in [-0.2, -0.15) is 0 Å². The number of carboxylic acids is 1. The number of carbonyl (C=O) groups is 2. The fourth-order valence-electron chi connectivity index (χ4n) is 1.32. The Morgan fingerprint density at radius 2 is 1.82 bits per heavy atom. The largest absolute Gasteiger partial charge is 0.480 e. The molecule has 2 unspecified atom stereocenters. The van der Waals surface area contributed by atoms with Crippen LogP contribution in [-0.2, 0) is 9.59 Å². The van der Waals surface area contributed by atoms with Crippen LogP contribution < -0.4 is 11.1 Å². The number of carboxylic acid groups (broad SMARTS) is 1. The van der Waals surface area contributed by atoms with E-state index in [1.54, 1.807) is 6.92 Å². The first-order chi connectivity index (χ1) is 7.61. The third kappa shape index (κ3) is 4.73. The number of nitrogens with one attached hydrogen (secondary N) is 1. The van der Waals surface area contributed by atoms with Crippen molar-refractivity contribution in [1.82, 2.24) is 5.32 Å². The highest BCUT2D eigenvalue weighted by molar-refractivity contribution is 5.87. The maximum absolute atomic E-state index is 11.8. The molecular formula is C12H24N2O3. The zero-order valence-electron chi connectivity index (χ0n) is 11.3. The molecule has 4 N–H and O–H groups in total. The summed E-state index contributed by atoms with van der Waals surface area (Å²) in [6.07, 6.45) is 0.683. The Balaban J connectivity index is 4.68. The van der Waals surface area contributed by atoms with E-state index in [1.807, 2.05) is 27.7 Å². The smallest absolute Gasteiger partial charge is 0.326 e. The number of hydrogen-bond acceptors (Lipinski definition) is 3. The van der Waals surface area contributed by atoms with Gasteiger partial charge in [-0.3, -0.25) is 4.79 Å². The molecule has 0 saturated carbocycles. The number of hydrogen-bond donors (Lipinski definition) is 3. The fraction of sp³-hybridized carbons (Fsp3) is 0.833. The highest BCUT2D eigenvalue weighted by Crippen LogP contribution is 2.18. The van der Waals surface area contributed by atoms with Crippen molar-refractivity contribution >= 4 is 11.9 Å². The molecule has 0 fully saturated rings. The maximum atomic E-state index is 11.8. The zero-order valence-corrected chi connectivity index (χ0v) is 11.3. The van der Waals surface area contributed by atoms with Gasteiger partial charge in [0.2, 0.25) is 5.91 Å². The number of nitrogens with two attached hydrogens (primary N) is 1. The summed E-state index contributed by atoms with van der Waals surface area (Å²) in [4.78, 5) is 22.9. The lowest BCUT2D eigenvalue weighted by Gasteiger charge is -2.28. The van der Waals surface area contributed by atoms with Crippen LogP contribution in [0.25, 0.3) is 0 Å². The second kappa shape index (κ2) is 6.00. The van der Waals surface area contributed by atoms with Crippen LogP contribution in [0, 0.1) is 11.3 Å². The summed E-state index contributed by atoms with van der Waals surface area (Å²) in [7, 11) is 0. The molecule has 17 heavy (non-hydrogen) atoms. The van der Waals surface area contributed by atoms with Gasteiger partial charge in [0.15, 0.2) is 0 Å². The van der Waals surface area contributed by atoms with Crippen molar-refractivity contribution in [2.75, 3.05) is 0 Å². The molecule has 0 aliphatic heterocycles. The molecule has 1 amide bonds. The minimum atomic E-state index is -1.02. The van der Waals surface area contributed by atoms with Crippen LogP contribution in [0.3, 0.4) is 0 Å². The third-order valence-electron chi connectivity index (χ3n) is 2.99.